The van der Waals surface area contributed by atoms with Crippen LogP contribution in [-0.4, -0.2) is 9.55 Å². The van der Waals surface area contributed by atoms with Gasteiger partial charge in [-0.2, -0.15) is 5.26 Å². The summed E-state index contributed by atoms with van der Waals surface area (Å²) in [5.74, 6) is 0. The Morgan fingerprint density at radius 1 is 1.21 bits per heavy atom. The molecule has 1 aromatic carbocycles. The molecule has 0 aliphatic carbocycles. The van der Waals surface area contributed by atoms with Crippen molar-refractivity contribution in [2.24, 2.45) is 0 Å². The van der Waals surface area contributed by atoms with Gasteiger partial charge in [-0.1, -0.05) is 18.2 Å². The Bertz CT molecular complexity index is 778. The van der Waals surface area contributed by atoms with Gasteiger partial charge in [-0.15, -0.1) is 0 Å². The van der Waals surface area contributed by atoms with Crippen LogP contribution in [0, 0.1) is 11.3 Å². The van der Waals surface area contributed by atoms with Gasteiger partial charge in [0.15, 0.2) is 0 Å². The second-order valence-electron chi connectivity index (χ2n) is 4.36. The second-order valence-corrected chi connectivity index (χ2v) is 4.36. The van der Waals surface area contributed by atoms with E-state index in [0.29, 0.717) is 5.56 Å². The molecule has 2 heterocycles. The van der Waals surface area contributed by atoms with Crippen LogP contribution in [0.5, 0.6) is 0 Å². The molecule has 92 valence electrons. The molecular formula is C16H13N3. The Labute approximate surface area is 111 Å². The van der Waals surface area contributed by atoms with Gasteiger partial charge in [0.2, 0.25) is 0 Å². The zero-order valence-electron chi connectivity index (χ0n) is 10.7. The van der Waals surface area contributed by atoms with Gasteiger partial charge in [-0.05, 0) is 25.1 Å². The van der Waals surface area contributed by atoms with Crippen molar-refractivity contribution in [1.29, 1.82) is 5.26 Å². The summed E-state index contributed by atoms with van der Waals surface area (Å²) < 4.78 is 2.18. The third-order valence-corrected chi connectivity index (χ3v) is 3.31. The van der Waals surface area contributed by atoms with Crippen LogP contribution in [0.25, 0.3) is 22.2 Å². The highest BCUT2D eigenvalue weighted by Gasteiger charge is 2.13. The Morgan fingerprint density at radius 3 is 2.84 bits per heavy atom. The molecule has 0 N–H and O–H groups in total. The number of nitriles is 1. The Morgan fingerprint density at radius 2 is 2.05 bits per heavy atom. The number of nitrogens with zero attached hydrogens (tertiary/aromatic N) is 3. The van der Waals surface area contributed by atoms with E-state index in [1.54, 1.807) is 18.3 Å². The summed E-state index contributed by atoms with van der Waals surface area (Å²) >= 11 is 0. The van der Waals surface area contributed by atoms with Gasteiger partial charge in [0.25, 0.3) is 0 Å². The molecule has 3 heteroatoms. The first-order valence-corrected chi connectivity index (χ1v) is 6.28. The zero-order chi connectivity index (χ0) is 13.2. The molecule has 0 saturated heterocycles. The number of fused-ring (bicyclic) bond motifs is 1. The summed E-state index contributed by atoms with van der Waals surface area (Å²) in [6.45, 7) is 3.01. The smallest absolute Gasteiger partial charge is 0.101 e. The van der Waals surface area contributed by atoms with Crippen molar-refractivity contribution in [3.8, 4) is 17.3 Å². The molecule has 0 atom stereocenters. The first-order chi connectivity index (χ1) is 9.35. The predicted octanol–water partition coefficient (Wildman–Crippen LogP) is 3.59. The molecular weight excluding hydrogens is 234 g/mol. The maximum absolute atomic E-state index is 9.22. The lowest BCUT2D eigenvalue weighted by Crippen LogP contribution is -1.90. The summed E-state index contributed by atoms with van der Waals surface area (Å²) in [6, 6.07) is 14.0. The normalized spacial score (nSPS) is 10.5. The molecule has 0 fully saturated rings. The lowest BCUT2D eigenvalue weighted by molar-refractivity contribution is 0.798. The minimum absolute atomic E-state index is 0.613. The van der Waals surface area contributed by atoms with Crippen molar-refractivity contribution in [1.82, 2.24) is 9.55 Å². The summed E-state index contributed by atoms with van der Waals surface area (Å²) in [5.41, 5.74) is 3.57. The van der Waals surface area contributed by atoms with Gasteiger partial charge < -0.3 is 4.57 Å². The van der Waals surface area contributed by atoms with Crippen LogP contribution in [0.15, 0.2) is 48.8 Å². The van der Waals surface area contributed by atoms with E-state index < -0.39 is 0 Å². The molecule has 3 aromatic rings. The van der Waals surface area contributed by atoms with Gasteiger partial charge in [0.05, 0.1) is 11.3 Å². The standard InChI is InChI=1S/C16H13N3/c1-2-19-11-14(13-7-3-4-8-15(13)19)16-12(10-17)6-5-9-18-16/h3-9,11H,2H2,1H3. The first-order valence-electron chi connectivity index (χ1n) is 6.28. The molecule has 19 heavy (non-hydrogen) atoms. The van der Waals surface area contributed by atoms with E-state index in [9.17, 15) is 5.26 Å². The maximum Gasteiger partial charge on any atom is 0.101 e. The number of benzene rings is 1. The fraction of sp³-hybridized carbons (Fsp3) is 0.125. The predicted molar refractivity (Wildman–Crippen MR) is 75.6 cm³/mol. The molecule has 0 radical (unpaired) electrons. The van der Waals surface area contributed by atoms with Crippen LogP contribution >= 0.6 is 0 Å². The summed E-state index contributed by atoms with van der Waals surface area (Å²) in [6.07, 6.45) is 3.81. The molecule has 2 aromatic heterocycles. The second kappa shape index (κ2) is 4.58. The van der Waals surface area contributed by atoms with Crippen molar-refractivity contribution in [3.05, 3.63) is 54.4 Å². The van der Waals surface area contributed by atoms with Crippen LogP contribution in [0.1, 0.15) is 12.5 Å². The first kappa shape index (κ1) is 11.5. The Balaban J connectivity index is 2.35. The van der Waals surface area contributed by atoms with Crippen LogP contribution in [-0.2, 0) is 6.54 Å². The van der Waals surface area contributed by atoms with Crippen LogP contribution in [0.2, 0.25) is 0 Å². The van der Waals surface area contributed by atoms with E-state index >= 15 is 0 Å². The monoisotopic (exact) mass is 247 g/mol. The topological polar surface area (TPSA) is 41.6 Å². The highest BCUT2D eigenvalue weighted by molar-refractivity contribution is 5.96. The van der Waals surface area contributed by atoms with Crippen molar-refractivity contribution >= 4 is 10.9 Å². The van der Waals surface area contributed by atoms with Gasteiger partial charge in [-0.3, -0.25) is 4.98 Å². The van der Waals surface area contributed by atoms with Crippen LogP contribution in [0.4, 0.5) is 0 Å². The van der Waals surface area contributed by atoms with E-state index in [-0.39, 0.29) is 0 Å². The third kappa shape index (κ3) is 1.78. The average molecular weight is 247 g/mol. The summed E-state index contributed by atoms with van der Waals surface area (Å²) in [7, 11) is 0. The Kier molecular flexibility index (Phi) is 2.77. The van der Waals surface area contributed by atoms with Crippen molar-refractivity contribution in [3.63, 3.8) is 0 Å². The number of hydrogen-bond acceptors (Lipinski definition) is 2. The van der Waals surface area contributed by atoms with Crippen molar-refractivity contribution in [2.75, 3.05) is 0 Å². The maximum atomic E-state index is 9.22. The third-order valence-electron chi connectivity index (χ3n) is 3.31. The summed E-state index contributed by atoms with van der Waals surface area (Å²) in [5, 5.41) is 10.4. The zero-order valence-corrected chi connectivity index (χ0v) is 10.7. The fourth-order valence-electron chi connectivity index (χ4n) is 2.41. The number of pyridine rings is 1. The number of aryl methyl sites for hydroxylation is 1. The summed E-state index contributed by atoms with van der Waals surface area (Å²) in [4.78, 5) is 4.38. The average Bonchev–Trinajstić information content (AvgIpc) is 2.86. The quantitative estimate of drug-likeness (QED) is 0.694. The van der Waals surface area contributed by atoms with Gasteiger partial charge in [-0.25, -0.2) is 0 Å². The van der Waals surface area contributed by atoms with Crippen molar-refractivity contribution in [2.45, 2.75) is 13.5 Å². The van der Waals surface area contributed by atoms with E-state index in [4.69, 9.17) is 0 Å². The van der Waals surface area contributed by atoms with Crippen LogP contribution < -0.4 is 0 Å². The lowest BCUT2D eigenvalue weighted by atomic mass is 10.1. The molecule has 0 unspecified atom stereocenters. The molecule has 0 saturated carbocycles. The van der Waals surface area contributed by atoms with E-state index in [0.717, 1.165) is 23.2 Å². The van der Waals surface area contributed by atoms with E-state index in [2.05, 4.69) is 40.9 Å². The van der Waals surface area contributed by atoms with Gasteiger partial charge in [0.1, 0.15) is 6.07 Å². The van der Waals surface area contributed by atoms with E-state index in [1.165, 1.54) is 5.52 Å². The largest absolute Gasteiger partial charge is 0.347 e. The number of rotatable bonds is 2. The molecule has 3 rings (SSSR count). The number of hydrogen-bond donors (Lipinski definition) is 0. The van der Waals surface area contributed by atoms with Gasteiger partial charge in [0, 0.05) is 35.4 Å². The highest BCUT2D eigenvalue weighted by Crippen LogP contribution is 2.30. The highest BCUT2D eigenvalue weighted by atomic mass is 14.9. The molecule has 0 bridgehead atoms. The lowest BCUT2D eigenvalue weighted by Gasteiger charge is -2.00. The molecule has 3 nitrogen and oxygen atoms in total. The molecule has 0 spiro atoms. The Hall–Kier alpha value is -2.60. The number of aromatic nitrogens is 2. The molecule has 0 aliphatic rings. The van der Waals surface area contributed by atoms with Crippen LogP contribution in [0.3, 0.4) is 0 Å². The van der Waals surface area contributed by atoms with E-state index in [1.807, 2.05) is 12.1 Å². The minimum atomic E-state index is 0.613. The molecule has 0 aliphatic heterocycles. The fourth-order valence-corrected chi connectivity index (χ4v) is 2.41. The van der Waals surface area contributed by atoms with Gasteiger partial charge >= 0.3 is 0 Å². The minimum Gasteiger partial charge on any atom is -0.347 e. The number of para-hydroxylation sites is 1. The SMILES string of the molecule is CCn1cc(-c2ncccc2C#N)c2ccccc21. The molecule has 0 amide bonds. The van der Waals surface area contributed by atoms with Crippen molar-refractivity contribution < 1.29 is 0 Å².